The van der Waals surface area contributed by atoms with Gasteiger partial charge >= 0.3 is 0 Å². The van der Waals surface area contributed by atoms with Gasteiger partial charge in [0.15, 0.2) is 0 Å². The summed E-state index contributed by atoms with van der Waals surface area (Å²) in [5, 5.41) is 9.84. The first-order valence-electron chi connectivity index (χ1n) is 8.37. The van der Waals surface area contributed by atoms with Crippen molar-refractivity contribution in [3.05, 3.63) is 68.6 Å². The van der Waals surface area contributed by atoms with Gasteiger partial charge in [0.1, 0.15) is 16.5 Å². The number of amides is 1. The van der Waals surface area contributed by atoms with Crippen LogP contribution in [0.4, 0.5) is 4.39 Å². The fourth-order valence-corrected chi connectivity index (χ4v) is 3.72. The maximum atomic E-state index is 14.3. The summed E-state index contributed by atoms with van der Waals surface area (Å²) in [7, 11) is 0. The van der Waals surface area contributed by atoms with Crippen LogP contribution in [-0.2, 0) is 4.79 Å². The molecule has 0 saturated heterocycles. The van der Waals surface area contributed by atoms with Gasteiger partial charge in [-0.25, -0.2) is 14.1 Å². The molecule has 8 heteroatoms. The number of halogens is 2. The van der Waals surface area contributed by atoms with Crippen LogP contribution in [0.3, 0.4) is 0 Å². The third kappa shape index (κ3) is 4.90. The van der Waals surface area contributed by atoms with Crippen LogP contribution < -0.4 is 5.32 Å². The molecule has 2 heterocycles. The second-order valence-electron chi connectivity index (χ2n) is 5.94. The molecule has 0 aliphatic heterocycles. The number of benzene rings is 1. The molecule has 0 fully saturated rings. The molecule has 140 valence electrons. The van der Waals surface area contributed by atoms with E-state index in [9.17, 15) is 9.18 Å². The molecule has 27 heavy (non-hydrogen) atoms. The Bertz CT molecular complexity index is 982. The summed E-state index contributed by atoms with van der Waals surface area (Å²) in [4.78, 5) is 16.6. The van der Waals surface area contributed by atoms with Gasteiger partial charge in [-0.15, -0.1) is 11.3 Å². The van der Waals surface area contributed by atoms with Crippen LogP contribution in [0.5, 0.6) is 0 Å². The Hall–Kier alpha value is -2.32. The van der Waals surface area contributed by atoms with Gasteiger partial charge in [0.2, 0.25) is 5.91 Å². The van der Waals surface area contributed by atoms with Crippen molar-refractivity contribution in [3.63, 3.8) is 0 Å². The molecule has 3 aromatic rings. The van der Waals surface area contributed by atoms with Crippen molar-refractivity contribution in [2.24, 2.45) is 0 Å². The van der Waals surface area contributed by atoms with E-state index < -0.39 is 5.82 Å². The minimum Gasteiger partial charge on any atom is -0.343 e. The van der Waals surface area contributed by atoms with Crippen LogP contribution in [0.2, 0.25) is 0 Å². The Balaban J connectivity index is 1.68. The van der Waals surface area contributed by atoms with Gasteiger partial charge in [-0.05, 0) is 53.0 Å². The summed E-state index contributed by atoms with van der Waals surface area (Å²) in [5.74, 6) is -0.659. The Morgan fingerprint density at radius 1 is 1.48 bits per heavy atom. The zero-order valence-electron chi connectivity index (χ0n) is 14.8. The largest absolute Gasteiger partial charge is 0.343 e. The predicted molar refractivity (Wildman–Crippen MR) is 108 cm³/mol. The standard InChI is InChI=1S/C19H18BrFN4OS/c1-3-16(19-23-12(2)11-27-19)24-18(26)7-5-13-4-6-17(15(21)8-13)25-10-14(20)9-22-25/h4-11,16H,3H2,1-2H3,(H,24,26)/b7-5+. The minimum atomic E-state index is -0.419. The fourth-order valence-electron chi connectivity index (χ4n) is 2.51. The maximum absolute atomic E-state index is 14.3. The summed E-state index contributed by atoms with van der Waals surface area (Å²) < 4.78 is 16.6. The van der Waals surface area contributed by atoms with Crippen molar-refractivity contribution in [2.45, 2.75) is 26.3 Å². The Morgan fingerprint density at radius 2 is 2.30 bits per heavy atom. The first-order valence-corrected chi connectivity index (χ1v) is 10.0. The highest BCUT2D eigenvalue weighted by Crippen LogP contribution is 2.21. The predicted octanol–water partition coefficient (Wildman–Crippen LogP) is 4.82. The summed E-state index contributed by atoms with van der Waals surface area (Å²) in [6.07, 6.45) is 7.00. The van der Waals surface area contributed by atoms with E-state index in [1.165, 1.54) is 28.2 Å². The number of nitrogens with zero attached hydrogens (tertiary/aromatic N) is 3. The lowest BCUT2D eigenvalue weighted by atomic mass is 10.1. The number of carbonyl (C=O) groups is 1. The number of nitrogens with one attached hydrogen (secondary N) is 1. The molecule has 0 spiro atoms. The average Bonchev–Trinajstić information content (AvgIpc) is 3.26. The van der Waals surface area contributed by atoms with E-state index in [4.69, 9.17) is 0 Å². The molecule has 5 nitrogen and oxygen atoms in total. The minimum absolute atomic E-state index is 0.127. The lowest BCUT2D eigenvalue weighted by molar-refractivity contribution is -0.117. The number of thiazole rings is 1. The number of aryl methyl sites for hydroxylation is 1. The van der Waals surface area contributed by atoms with E-state index in [1.807, 2.05) is 19.2 Å². The van der Waals surface area contributed by atoms with E-state index in [1.54, 1.807) is 30.6 Å². The average molecular weight is 449 g/mol. The topological polar surface area (TPSA) is 59.8 Å². The SMILES string of the molecule is CCC(NC(=O)/C=C/c1ccc(-n2cc(Br)cn2)c(F)c1)c1nc(C)cs1. The Labute approximate surface area is 169 Å². The summed E-state index contributed by atoms with van der Waals surface area (Å²) >= 11 is 4.82. The van der Waals surface area contributed by atoms with Gasteiger partial charge in [0.25, 0.3) is 0 Å². The second kappa shape index (κ2) is 8.58. The zero-order chi connectivity index (χ0) is 19.4. The molecule has 1 aromatic carbocycles. The van der Waals surface area contributed by atoms with Crippen molar-refractivity contribution in [1.29, 1.82) is 0 Å². The molecular formula is C19H18BrFN4OS. The number of carbonyl (C=O) groups excluding carboxylic acids is 1. The first-order chi connectivity index (χ1) is 13.0. The van der Waals surface area contributed by atoms with Crippen LogP contribution in [0.1, 0.15) is 35.7 Å². The molecule has 2 aromatic heterocycles. The molecule has 1 N–H and O–H groups in total. The monoisotopic (exact) mass is 448 g/mol. The molecule has 3 rings (SSSR count). The number of rotatable bonds is 6. The van der Waals surface area contributed by atoms with Crippen LogP contribution in [0, 0.1) is 12.7 Å². The lowest BCUT2D eigenvalue weighted by Crippen LogP contribution is -2.26. The summed E-state index contributed by atoms with van der Waals surface area (Å²) in [6, 6.07) is 4.60. The smallest absolute Gasteiger partial charge is 0.244 e. The first kappa shape index (κ1) is 19.4. The molecule has 0 aliphatic carbocycles. The van der Waals surface area contributed by atoms with Crippen molar-refractivity contribution < 1.29 is 9.18 Å². The Morgan fingerprint density at radius 3 is 2.89 bits per heavy atom. The molecule has 1 atom stereocenters. The van der Waals surface area contributed by atoms with Crippen LogP contribution in [-0.4, -0.2) is 20.7 Å². The molecule has 0 radical (unpaired) electrons. The third-order valence-electron chi connectivity index (χ3n) is 3.86. The van der Waals surface area contributed by atoms with Gasteiger partial charge in [0.05, 0.1) is 16.7 Å². The molecule has 0 saturated carbocycles. The van der Waals surface area contributed by atoms with E-state index in [0.717, 1.165) is 21.6 Å². The zero-order valence-corrected chi connectivity index (χ0v) is 17.2. The number of hydrogen-bond acceptors (Lipinski definition) is 4. The molecule has 0 bridgehead atoms. The van der Waals surface area contributed by atoms with Gasteiger partial charge < -0.3 is 5.32 Å². The van der Waals surface area contributed by atoms with Crippen molar-refractivity contribution in [1.82, 2.24) is 20.1 Å². The number of aromatic nitrogens is 3. The van der Waals surface area contributed by atoms with Gasteiger partial charge in [-0.2, -0.15) is 5.10 Å². The van der Waals surface area contributed by atoms with E-state index in [2.05, 4.69) is 31.3 Å². The highest BCUT2D eigenvalue weighted by molar-refractivity contribution is 9.10. The van der Waals surface area contributed by atoms with Gasteiger partial charge in [-0.1, -0.05) is 13.0 Å². The van der Waals surface area contributed by atoms with Gasteiger partial charge in [-0.3, -0.25) is 4.79 Å². The van der Waals surface area contributed by atoms with E-state index >= 15 is 0 Å². The number of hydrogen-bond donors (Lipinski definition) is 1. The molecule has 1 unspecified atom stereocenters. The summed E-state index contributed by atoms with van der Waals surface area (Å²) in [5.41, 5.74) is 1.88. The third-order valence-corrected chi connectivity index (χ3v) is 5.34. The highest BCUT2D eigenvalue weighted by atomic mass is 79.9. The van der Waals surface area contributed by atoms with Crippen LogP contribution in [0.15, 0.2) is 46.5 Å². The fraction of sp³-hybridized carbons (Fsp3) is 0.211. The summed E-state index contributed by atoms with van der Waals surface area (Å²) in [6.45, 7) is 3.92. The van der Waals surface area contributed by atoms with Crippen molar-refractivity contribution >= 4 is 39.2 Å². The molecule has 0 aliphatic rings. The van der Waals surface area contributed by atoms with Crippen LogP contribution in [0.25, 0.3) is 11.8 Å². The lowest BCUT2D eigenvalue weighted by Gasteiger charge is -2.12. The maximum Gasteiger partial charge on any atom is 0.244 e. The Kier molecular flexibility index (Phi) is 6.18. The van der Waals surface area contributed by atoms with E-state index in [-0.39, 0.29) is 11.9 Å². The highest BCUT2D eigenvalue weighted by Gasteiger charge is 2.14. The molecular weight excluding hydrogens is 431 g/mol. The van der Waals surface area contributed by atoms with Crippen molar-refractivity contribution in [3.8, 4) is 5.69 Å². The quantitative estimate of drug-likeness (QED) is 0.549. The normalized spacial score (nSPS) is 12.4. The van der Waals surface area contributed by atoms with Crippen LogP contribution >= 0.6 is 27.3 Å². The van der Waals surface area contributed by atoms with Gasteiger partial charge in [0, 0.05) is 23.3 Å². The molecule has 1 amide bonds. The van der Waals surface area contributed by atoms with Crippen molar-refractivity contribution in [2.75, 3.05) is 0 Å². The van der Waals surface area contributed by atoms with E-state index in [0.29, 0.717) is 11.3 Å². The second-order valence-corrected chi connectivity index (χ2v) is 7.75.